The van der Waals surface area contributed by atoms with Gasteiger partial charge in [-0.15, -0.1) is 0 Å². The van der Waals surface area contributed by atoms with E-state index >= 15 is 0 Å². The van der Waals surface area contributed by atoms with E-state index in [2.05, 4.69) is 4.98 Å². The lowest BCUT2D eigenvalue weighted by atomic mass is 9.89. The molecule has 0 spiro atoms. The number of hydrogen-bond acceptors (Lipinski definition) is 6. The number of carbonyl (C=O) groups is 1. The van der Waals surface area contributed by atoms with Gasteiger partial charge >= 0.3 is 11.8 Å². The van der Waals surface area contributed by atoms with Crippen LogP contribution >= 0.6 is 11.3 Å². The van der Waals surface area contributed by atoms with E-state index in [0.29, 0.717) is 17.2 Å². The minimum atomic E-state index is -0.823. The van der Waals surface area contributed by atoms with Crippen LogP contribution in [-0.4, -0.2) is 37.5 Å². The first kappa shape index (κ1) is 12.6. The Hall–Kier alpha value is -2.16. The molecule has 2 bridgehead atoms. The maximum Gasteiger partial charge on any atom is 0.373 e. The molecule has 4 rings (SSSR count). The quantitative estimate of drug-likeness (QED) is 0.684. The van der Waals surface area contributed by atoms with Crippen molar-refractivity contribution in [1.29, 1.82) is 0 Å². The maximum absolute atomic E-state index is 11.4. The first-order chi connectivity index (χ1) is 10.1. The predicted octanol–water partition coefficient (Wildman–Crippen LogP) is 1.75. The van der Waals surface area contributed by atoms with Gasteiger partial charge in [0.25, 0.3) is 4.96 Å². The molecular weight excluding hydrogens is 296 g/mol. The Labute approximate surface area is 122 Å². The third-order valence-corrected chi connectivity index (χ3v) is 5.25. The van der Waals surface area contributed by atoms with Gasteiger partial charge in [0.2, 0.25) is 5.82 Å². The van der Waals surface area contributed by atoms with Crippen molar-refractivity contribution in [3.63, 3.8) is 0 Å². The van der Waals surface area contributed by atoms with Crippen molar-refractivity contribution in [2.24, 2.45) is 5.92 Å². The molecule has 0 saturated carbocycles. The molecule has 3 unspecified atom stereocenters. The highest BCUT2D eigenvalue weighted by Crippen LogP contribution is 2.47. The predicted molar refractivity (Wildman–Crippen MR) is 74.8 cm³/mol. The molecule has 21 heavy (non-hydrogen) atoms. The van der Waals surface area contributed by atoms with Crippen LogP contribution in [0.3, 0.4) is 0 Å². The number of imidazole rings is 1. The number of nitrogens with zero attached hydrogens (tertiary/aromatic N) is 4. The molecule has 2 fully saturated rings. The van der Waals surface area contributed by atoms with Crippen LogP contribution in [0.15, 0.2) is 11.6 Å². The van der Waals surface area contributed by atoms with Crippen molar-refractivity contribution in [2.75, 3.05) is 4.90 Å². The van der Waals surface area contributed by atoms with Gasteiger partial charge in [0.15, 0.2) is 0 Å². The second kappa shape index (κ2) is 4.17. The summed E-state index contributed by atoms with van der Waals surface area (Å²) in [6.45, 7) is 0. The SMILES string of the molecule is O=C(O)C1CC2CCC1N2c1nc2sccn2c1[N+](=O)[O-]. The fourth-order valence-electron chi connectivity index (χ4n) is 3.69. The Balaban J connectivity index is 1.84. The van der Waals surface area contributed by atoms with E-state index in [-0.39, 0.29) is 17.9 Å². The molecule has 3 atom stereocenters. The second-order valence-electron chi connectivity index (χ2n) is 5.46. The number of carboxylic acids is 1. The van der Waals surface area contributed by atoms with Crippen LogP contribution in [0, 0.1) is 16.0 Å². The summed E-state index contributed by atoms with van der Waals surface area (Å²) in [5.41, 5.74) is 0. The summed E-state index contributed by atoms with van der Waals surface area (Å²) >= 11 is 1.33. The molecular formula is C12H12N4O4S. The highest BCUT2D eigenvalue weighted by molar-refractivity contribution is 7.15. The van der Waals surface area contributed by atoms with E-state index in [1.165, 1.54) is 15.7 Å². The molecule has 1 N–H and O–H groups in total. The Morgan fingerprint density at radius 3 is 3.00 bits per heavy atom. The van der Waals surface area contributed by atoms with Gasteiger partial charge in [0.1, 0.15) is 6.20 Å². The molecule has 2 saturated heterocycles. The van der Waals surface area contributed by atoms with Gasteiger partial charge in [-0.3, -0.25) is 4.79 Å². The van der Waals surface area contributed by atoms with Gasteiger partial charge in [-0.25, -0.2) is 0 Å². The number of aliphatic carboxylic acids is 1. The van der Waals surface area contributed by atoms with Crippen LogP contribution in [-0.2, 0) is 4.79 Å². The summed E-state index contributed by atoms with van der Waals surface area (Å²) in [4.78, 5) is 29.1. The minimum Gasteiger partial charge on any atom is -0.481 e. The molecule has 0 aliphatic carbocycles. The summed E-state index contributed by atoms with van der Waals surface area (Å²) in [5, 5.41) is 22.4. The van der Waals surface area contributed by atoms with Crippen LogP contribution in [0.1, 0.15) is 19.3 Å². The van der Waals surface area contributed by atoms with E-state index in [0.717, 1.165) is 12.8 Å². The lowest BCUT2D eigenvalue weighted by Crippen LogP contribution is -2.33. The number of anilines is 1. The molecule has 0 aromatic carbocycles. The van der Waals surface area contributed by atoms with Crippen molar-refractivity contribution >= 4 is 33.9 Å². The Bertz CT molecular complexity index is 754. The summed E-state index contributed by atoms with van der Waals surface area (Å²) in [6.07, 6.45) is 3.80. The van der Waals surface area contributed by atoms with E-state index in [4.69, 9.17) is 0 Å². The summed E-state index contributed by atoms with van der Waals surface area (Å²) in [7, 11) is 0. The smallest absolute Gasteiger partial charge is 0.373 e. The van der Waals surface area contributed by atoms with Crippen molar-refractivity contribution in [2.45, 2.75) is 31.3 Å². The van der Waals surface area contributed by atoms with Gasteiger partial charge in [0.05, 0.1) is 5.92 Å². The normalized spacial score (nSPS) is 27.6. The highest BCUT2D eigenvalue weighted by Gasteiger charge is 2.52. The zero-order valence-electron chi connectivity index (χ0n) is 10.9. The van der Waals surface area contributed by atoms with E-state index in [1.807, 2.05) is 4.90 Å². The molecule has 0 amide bonds. The monoisotopic (exact) mass is 308 g/mol. The van der Waals surface area contributed by atoms with E-state index in [9.17, 15) is 20.0 Å². The van der Waals surface area contributed by atoms with Gasteiger partial charge in [-0.05, 0) is 24.2 Å². The number of nitro groups is 1. The fourth-order valence-corrected chi connectivity index (χ4v) is 4.39. The number of fused-ring (bicyclic) bond motifs is 3. The molecule has 8 nitrogen and oxygen atoms in total. The van der Waals surface area contributed by atoms with Gasteiger partial charge in [0, 0.05) is 17.5 Å². The number of hydrogen-bond donors (Lipinski definition) is 1. The van der Waals surface area contributed by atoms with Gasteiger partial charge in [-0.2, -0.15) is 9.38 Å². The zero-order valence-corrected chi connectivity index (χ0v) is 11.7. The molecule has 2 aliphatic rings. The van der Waals surface area contributed by atoms with E-state index in [1.54, 1.807) is 11.6 Å². The summed E-state index contributed by atoms with van der Waals surface area (Å²) in [5.74, 6) is -1.02. The molecule has 2 aromatic heterocycles. The maximum atomic E-state index is 11.4. The average molecular weight is 308 g/mol. The molecule has 4 heterocycles. The highest BCUT2D eigenvalue weighted by atomic mass is 32.1. The molecule has 110 valence electrons. The number of rotatable bonds is 3. The van der Waals surface area contributed by atoms with Crippen LogP contribution < -0.4 is 4.90 Å². The lowest BCUT2D eigenvalue weighted by molar-refractivity contribution is -0.389. The zero-order chi connectivity index (χ0) is 14.7. The molecule has 9 heteroatoms. The molecule has 2 aromatic rings. The largest absolute Gasteiger partial charge is 0.481 e. The standard InChI is InChI=1S/C12H12N4O4S/c17-11(18)7-5-6-1-2-8(7)15(6)9-10(16(19)20)14-3-4-21-12(14)13-9/h3-4,6-8H,1-2,5H2,(H,17,18). The van der Waals surface area contributed by atoms with Crippen LogP contribution in [0.25, 0.3) is 4.96 Å². The number of aromatic nitrogens is 2. The first-order valence-electron chi connectivity index (χ1n) is 6.69. The topological polar surface area (TPSA) is 101 Å². The Morgan fingerprint density at radius 2 is 2.33 bits per heavy atom. The van der Waals surface area contributed by atoms with E-state index < -0.39 is 16.8 Å². The van der Waals surface area contributed by atoms with Crippen molar-refractivity contribution in [1.82, 2.24) is 9.38 Å². The van der Waals surface area contributed by atoms with Crippen LogP contribution in [0.5, 0.6) is 0 Å². The van der Waals surface area contributed by atoms with Gasteiger partial charge < -0.3 is 20.1 Å². The molecule has 0 radical (unpaired) electrons. The fraction of sp³-hybridized carbons (Fsp3) is 0.500. The summed E-state index contributed by atoms with van der Waals surface area (Å²) in [6, 6.07) is -0.143. The second-order valence-corrected chi connectivity index (χ2v) is 6.33. The van der Waals surface area contributed by atoms with Crippen LogP contribution in [0.2, 0.25) is 0 Å². The third kappa shape index (κ3) is 1.60. The van der Waals surface area contributed by atoms with Crippen molar-refractivity contribution in [3.05, 3.63) is 21.7 Å². The minimum absolute atomic E-state index is 0.0411. The van der Waals surface area contributed by atoms with Crippen LogP contribution in [0.4, 0.5) is 11.6 Å². The molecule has 2 aliphatic heterocycles. The average Bonchev–Trinajstić information content (AvgIpc) is 3.14. The number of carboxylic acid groups (broad SMARTS) is 1. The third-order valence-electron chi connectivity index (χ3n) is 4.49. The van der Waals surface area contributed by atoms with Crippen molar-refractivity contribution in [3.8, 4) is 0 Å². The number of thiazole rings is 1. The van der Waals surface area contributed by atoms with Crippen molar-refractivity contribution < 1.29 is 14.8 Å². The summed E-state index contributed by atoms with van der Waals surface area (Å²) < 4.78 is 1.47. The lowest BCUT2D eigenvalue weighted by Gasteiger charge is -2.22. The Kier molecular flexibility index (Phi) is 2.49. The Morgan fingerprint density at radius 1 is 1.52 bits per heavy atom. The van der Waals surface area contributed by atoms with Gasteiger partial charge in [-0.1, -0.05) is 11.3 Å². The first-order valence-corrected chi connectivity index (χ1v) is 7.57.